The number of nitrogens with one attached hydrogen (secondary N) is 1. The van der Waals surface area contributed by atoms with Crippen molar-refractivity contribution < 1.29 is 8.42 Å². The Balaban J connectivity index is 1.61. The Kier molecular flexibility index (Phi) is 3.98. The number of rotatable bonds is 4. The van der Waals surface area contributed by atoms with Crippen molar-refractivity contribution in [2.24, 2.45) is 0 Å². The SMILES string of the molecule is O=S1(=O)CCCN(c2ccc(CNC3CC3)cc2)CC1. The first-order valence-electron chi connectivity index (χ1n) is 7.40. The monoisotopic (exact) mass is 294 g/mol. The van der Waals surface area contributed by atoms with Gasteiger partial charge in [-0.25, -0.2) is 8.42 Å². The molecule has 20 heavy (non-hydrogen) atoms. The molecule has 1 aliphatic heterocycles. The zero-order valence-corrected chi connectivity index (χ0v) is 12.5. The fourth-order valence-electron chi connectivity index (χ4n) is 2.57. The van der Waals surface area contributed by atoms with Gasteiger partial charge < -0.3 is 10.2 Å². The lowest BCUT2D eigenvalue weighted by atomic mass is 10.2. The average Bonchev–Trinajstić information content (AvgIpc) is 3.25. The summed E-state index contributed by atoms with van der Waals surface area (Å²) in [7, 11) is -2.83. The predicted octanol–water partition coefficient (Wildman–Crippen LogP) is 1.56. The second-order valence-electron chi connectivity index (χ2n) is 5.81. The van der Waals surface area contributed by atoms with Crippen LogP contribution in [-0.2, 0) is 16.4 Å². The van der Waals surface area contributed by atoms with Gasteiger partial charge in [0.2, 0.25) is 0 Å². The first kappa shape index (κ1) is 13.9. The van der Waals surface area contributed by atoms with E-state index < -0.39 is 9.84 Å². The van der Waals surface area contributed by atoms with Crippen LogP contribution in [0.1, 0.15) is 24.8 Å². The fraction of sp³-hybridized carbons (Fsp3) is 0.600. The van der Waals surface area contributed by atoms with E-state index in [2.05, 4.69) is 34.5 Å². The van der Waals surface area contributed by atoms with Gasteiger partial charge in [-0.1, -0.05) is 12.1 Å². The van der Waals surface area contributed by atoms with Gasteiger partial charge in [0.25, 0.3) is 0 Å². The number of anilines is 1. The van der Waals surface area contributed by atoms with Crippen molar-refractivity contribution in [3.8, 4) is 0 Å². The lowest BCUT2D eigenvalue weighted by molar-refractivity contribution is 0.597. The van der Waals surface area contributed by atoms with E-state index in [1.807, 2.05) is 0 Å². The first-order valence-corrected chi connectivity index (χ1v) is 9.22. The van der Waals surface area contributed by atoms with Crippen LogP contribution in [0.3, 0.4) is 0 Å². The highest BCUT2D eigenvalue weighted by Gasteiger charge is 2.20. The standard InChI is InChI=1S/C15H22N2O2S/c18-20(19)10-1-8-17(9-11-20)15-6-2-13(3-7-15)12-16-14-4-5-14/h2-3,6-7,14,16H,1,4-5,8-12H2. The molecule has 0 radical (unpaired) electrons. The molecule has 0 atom stereocenters. The molecule has 0 unspecified atom stereocenters. The molecule has 2 fully saturated rings. The van der Waals surface area contributed by atoms with E-state index in [0.717, 1.165) is 31.2 Å². The van der Waals surface area contributed by atoms with E-state index in [-0.39, 0.29) is 5.75 Å². The topological polar surface area (TPSA) is 49.4 Å². The molecular weight excluding hydrogens is 272 g/mol. The molecule has 110 valence electrons. The molecule has 0 bridgehead atoms. The van der Waals surface area contributed by atoms with Gasteiger partial charge >= 0.3 is 0 Å². The second kappa shape index (κ2) is 5.74. The Morgan fingerprint density at radius 2 is 1.85 bits per heavy atom. The van der Waals surface area contributed by atoms with Gasteiger partial charge in [0.15, 0.2) is 9.84 Å². The summed E-state index contributed by atoms with van der Waals surface area (Å²) in [6.45, 7) is 2.38. The average molecular weight is 294 g/mol. The Bertz CT molecular complexity index is 550. The smallest absolute Gasteiger partial charge is 0.152 e. The van der Waals surface area contributed by atoms with Crippen molar-refractivity contribution in [1.82, 2.24) is 5.32 Å². The normalized spacial score (nSPS) is 22.5. The van der Waals surface area contributed by atoms with E-state index in [4.69, 9.17) is 0 Å². The maximum Gasteiger partial charge on any atom is 0.152 e. The van der Waals surface area contributed by atoms with Crippen molar-refractivity contribution in [3.05, 3.63) is 29.8 Å². The van der Waals surface area contributed by atoms with Gasteiger partial charge in [-0.15, -0.1) is 0 Å². The maximum atomic E-state index is 11.6. The number of hydrogen-bond acceptors (Lipinski definition) is 4. The largest absolute Gasteiger partial charge is 0.370 e. The van der Waals surface area contributed by atoms with Crippen LogP contribution in [-0.4, -0.2) is 39.1 Å². The van der Waals surface area contributed by atoms with Crippen molar-refractivity contribution in [2.45, 2.75) is 31.8 Å². The van der Waals surface area contributed by atoms with Crippen LogP contribution >= 0.6 is 0 Å². The first-order chi connectivity index (χ1) is 9.62. The molecule has 1 heterocycles. The van der Waals surface area contributed by atoms with E-state index >= 15 is 0 Å². The highest BCUT2D eigenvalue weighted by molar-refractivity contribution is 7.91. The number of sulfone groups is 1. The summed E-state index contributed by atoms with van der Waals surface area (Å²) in [5.41, 5.74) is 2.43. The Labute approximate surface area is 121 Å². The molecule has 1 aliphatic carbocycles. The summed E-state index contributed by atoms with van der Waals surface area (Å²) in [6, 6.07) is 9.24. The molecule has 1 saturated heterocycles. The van der Waals surface area contributed by atoms with E-state index in [9.17, 15) is 8.42 Å². The molecule has 1 aromatic rings. The molecule has 1 N–H and O–H groups in total. The van der Waals surface area contributed by atoms with Gasteiger partial charge in [-0.2, -0.15) is 0 Å². The molecule has 3 rings (SSSR count). The number of nitrogens with zero attached hydrogens (tertiary/aromatic N) is 1. The van der Waals surface area contributed by atoms with E-state index in [0.29, 0.717) is 12.3 Å². The van der Waals surface area contributed by atoms with Crippen LogP contribution in [0.2, 0.25) is 0 Å². The second-order valence-corrected chi connectivity index (χ2v) is 8.12. The van der Waals surface area contributed by atoms with Crippen LogP contribution < -0.4 is 10.2 Å². The lowest BCUT2D eigenvalue weighted by Crippen LogP contribution is -2.26. The van der Waals surface area contributed by atoms with E-state index in [1.54, 1.807) is 0 Å². The maximum absolute atomic E-state index is 11.6. The summed E-state index contributed by atoms with van der Waals surface area (Å²) >= 11 is 0. The van der Waals surface area contributed by atoms with Gasteiger partial charge in [-0.3, -0.25) is 0 Å². The molecular formula is C15H22N2O2S. The molecule has 0 aromatic heterocycles. The molecule has 0 amide bonds. The molecule has 0 spiro atoms. The van der Waals surface area contributed by atoms with Crippen molar-refractivity contribution in [2.75, 3.05) is 29.5 Å². The molecule has 2 aliphatic rings. The van der Waals surface area contributed by atoms with Crippen molar-refractivity contribution in [1.29, 1.82) is 0 Å². The zero-order valence-electron chi connectivity index (χ0n) is 11.7. The van der Waals surface area contributed by atoms with Gasteiger partial charge in [0.05, 0.1) is 11.5 Å². The number of benzene rings is 1. The third-order valence-electron chi connectivity index (χ3n) is 4.03. The van der Waals surface area contributed by atoms with Gasteiger partial charge in [0.1, 0.15) is 0 Å². The quantitative estimate of drug-likeness (QED) is 0.915. The Morgan fingerprint density at radius 1 is 1.10 bits per heavy atom. The highest BCUT2D eigenvalue weighted by Crippen LogP contribution is 2.21. The summed E-state index contributed by atoms with van der Waals surface area (Å²) in [5, 5.41) is 3.50. The summed E-state index contributed by atoms with van der Waals surface area (Å²) in [4.78, 5) is 2.18. The summed E-state index contributed by atoms with van der Waals surface area (Å²) < 4.78 is 23.2. The third-order valence-corrected chi connectivity index (χ3v) is 5.74. The Hall–Kier alpha value is -1.07. The minimum Gasteiger partial charge on any atom is -0.370 e. The molecule has 4 nitrogen and oxygen atoms in total. The van der Waals surface area contributed by atoms with Crippen LogP contribution in [0.5, 0.6) is 0 Å². The predicted molar refractivity (Wildman–Crippen MR) is 81.8 cm³/mol. The Morgan fingerprint density at radius 3 is 2.55 bits per heavy atom. The van der Waals surface area contributed by atoms with Crippen LogP contribution in [0.15, 0.2) is 24.3 Å². The minimum absolute atomic E-state index is 0.276. The van der Waals surface area contributed by atoms with Crippen molar-refractivity contribution >= 4 is 15.5 Å². The number of hydrogen-bond donors (Lipinski definition) is 1. The fourth-order valence-corrected chi connectivity index (χ4v) is 3.84. The lowest BCUT2D eigenvalue weighted by Gasteiger charge is -2.22. The molecule has 1 saturated carbocycles. The molecule has 1 aromatic carbocycles. The summed E-state index contributed by atoms with van der Waals surface area (Å²) in [5.74, 6) is 0.602. The zero-order chi connectivity index (χ0) is 14.0. The minimum atomic E-state index is -2.83. The third kappa shape index (κ3) is 3.73. The van der Waals surface area contributed by atoms with Gasteiger partial charge in [-0.05, 0) is 37.0 Å². The van der Waals surface area contributed by atoms with Crippen LogP contribution in [0.25, 0.3) is 0 Å². The van der Waals surface area contributed by atoms with Crippen molar-refractivity contribution in [3.63, 3.8) is 0 Å². The van der Waals surface area contributed by atoms with Crippen LogP contribution in [0.4, 0.5) is 5.69 Å². The van der Waals surface area contributed by atoms with E-state index in [1.165, 1.54) is 18.4 Å². The van der Waals surface area contributed by atoms with Gasteiger partial charge in [0, 0.05) is 31.4 Å². The van der Waals surface area contributed by atoms with Crippen LogP contribution in [0, 0.1) is 0 Å². The molecule has 5 heteroatoms. The highest BCUT2D eigenvalue weighted by atomic mass is 32.2. The summed E-state index contributed by atoms with van der Waals surface area (Å²) in [6.07, 6.45) is 3.34.